The fourth-order valence-electron chi connectivity index (χ4n) is 2.13. The maximum atomic E-state index is 6.31. The van der Waals surface area contributed by atoms with Gasteiger partial charge >= 0.3 is 0 Å². The lowest BCUT2D eigenvalue weighted by molar-refractivity contribution is 0.350. The fourth-order valence-corrected chi connectivity index (χ4v) is 2.44. The Balaban J connectivity index is 2.76. The molecule has 3 nitrogen and oxygen atoms in total. The Morgan fingerprint density at radius 1 is 1.37 bits per heavy atom. The highest BCUT2D eigenvalue weighted by molar-refractivity contribution is 6.31. The van der Waals surface area contributed by atoms with Crippen molar-refractivity contribution in [2.75, 3.05) is 6.54 Å². The summed E-state index contributed by atoms with van der Waals surface area (Å²) in [5, 5.41) is 8.74. The number of nitrogens with one attached hydrogen (secondary N) is 1. The van der Waals surface area contributed by atoms with Crippen LogP contribution < -0.4 is 5.32 Å². The minimum Gasteiger partial charge on any atom is -0.312 e. The summed E-state index contributed by atoms with van der Waals surface area (Å²) in [6.45, 7) is 15.2. The van der Waals surface area contributed by atoms with E-state index in [9.17, 15) is 0 Å². The standard InChI is InChI=1S/C15H28ClN3/c1-7-8-19-14(13(16)10-18-19)12(3)11(2)9-17-15(4,5)6/h10-12,17H,7-9H2,1-6H3. The van der Waals surface area contributed by atoms with Crippen molar-refractivity contribution in [1.29, 1.82) is 0 Å². The first-order valence-electron chi connectivity index (χ1n) is 7.22. The molecule has 2 unspecified atom stereocenters. The van der Waals surface area contributed by atoms with Crippen molar-refractivity contribution in [2.24, 2.45) is 5.92 Å². The van der Waals surface area contributed by atoms with Gasteiger partial charge in [-0.3, -0.25) is 4.68 Å². The zero-order chi connectivity index (χ0) is 14.6. The monoisotopic (exact) mass is 285 g/mol. The maximum absolute atomic E-state index is 6.31. The van der Waals surface area contributed by atoms with Gasteiger partial charge in [-0.15, -0.1) is 0 Å². The van der Waals surface area contributed by atoms with Crippen LogP contribution in [0.2, 0.25) is 5.02 Å². The van der Waals surface area contributed by atoms with Crippen LogP contribution in [0.1, 0.15) is 59.6 Å². The second kappa shape index (κ2) is 6.76. The Kier molecular flexibility index (Phi) is 5.87. The zero-order valence-electron chi connectivity index (χ0n) is 13.1. The SMILES string of the molecule is CCCn1ncc(Cl)c1C(C)C(C)CNC(C)(C)C. The highest BCUT2D eigenvalue weighted by Gasteiger charge is 2.22. The minimum atomic E-state index is 0.154. The van der Waals surface area contributed by atoms with E-state index in [1.807, 2.05) is 0 Å². The summed E-state index contributed by atoms with van der Waals surface area (Å²) < 4.78 is 2.06. The van der Waals surface area contributed by atoms with Crippen LogP contribution in [-0.2, 0) is 6.54 Å². The van der Waals surface area contributed by atoms with Crippen LogP contribution in [0.25, 0.3) is 0 Å². The van der Waals surface area contributed by atoms with E-state index in [0.29, 0.717) is 11.8 Å². The molecular formula is C15H28ClN3. The van der Waals surface area contributed by atoms with Gasteiger partial charge in [0.2, 0.25) is 0 Å². The second-order valence-electron chi connectivity index (χ2n) is 6.50. The first-order valence-corrected chi connectivity index (χ1v) is 7.60. The summed E-state index contributed by atoms with van der Waals surface area (Å²) in [4.78, 5) is 0. The van der Waals surface area contributed by atoms with Gasteiger partial charge in [0, 0.05) is 18.0 Å². The molecule has 19 heavy (non-hydrogen) atoms. The summed E-state index contributed by atoms with van der Waals surface area (Å²) in [6, 6.07) is 0. The summed E-state index contributed by atoms with van der Waals surface area (Å²) in [5.74, 6) is 0.917. The summed E-state index contributed by atoms with van der Waals surface area (Å²) >= 11 is 6.31. The largest absolute Gasteiger partial charge is 0.312 e. The third kappa shape index (κ3) is 4.81. The highest BCUT2D eigenvalue weighted by atomic mass is 35.5. The molecule has 0 spiro atoms. The van der Waals surface area contributed by atoms with Crippen molar-refractivity contribution in [1.82, 2.24) is 15.1 Å². The zero-order valence-corrected chi connectivity index (χ0v) is 13.9. The van der Waals surface area contributed by atoms with E-state index >= 15 is 0 Å². The van der Waals surface area contributed by atoms with Crippen molar-refractivity contribution in [3.05, 3.63) is 16.9 Å². The van der Waals surface area contributed by atoms with Crippen LogP contribution in [0, 0.1) is 5.92 Å². The molecule has 0 fully saturated rings. The highest BCUT2D eigenvalue weighted by Crippen LogP contribution is 2.30. The van der Waals surface area contributed by atoms with Gasteiger partial charge in [0.15, 0.2) is 0 Å². The van der Waals surface area contributed by atoms with E-state index in [4.69, 9.17) is 11.6 Å². The number of rotatable bonds is 6. The summed E-state index contributed by atoms with van der Waals surface area (Å²) in [5.41, 5.74) is 1.33. The molecule has 0 saturated heterocycles. The smallest absolute Gasteiger partial charge is 0.0820 e. The molecule has 1 aromatic rings. The quantitative estimate of drug-likeness (QED) is 0.854. The normalized spacial score (nSPS) is 15.5. The molecular weight excluding hydrogens is 258 g/mol. The molecule has 1 N–H and O–H groups in total. The number of hydrogen-bond acceptors (Lipinski definition) is 2. The van der Waals surface area contributed by atoms with Crippen molar-refractivity contribution in [3.63, 3.8) is 0 Å². The lowest BCUT2D eigenvalue weighted by Gasteiger charge is -2.27. The van der Waals surface area contributed by atoms with Crippen LogP contribution in [-0.4, -0.2) is 21.9 Å². The van der Waals surface area contributed by atoms with Gasteiger partial charge in [0.05, 0.1) is 16.9 Å². The van der Waals surface area contributed by atoms with Gasteiger partial charge in [0.1, 0.15) is 0 Å². The van der Waals surface area contributed by atoms with E-state index in [-0.39, 0.29) is 5.54 Å². The predicted molar refractivity (Wildman–Crippen MR) is 82.9 cm³/mol. The van der Waals surface area contributed by atoms with Crippen LogP contribution in [0.4, 0.5) is 0 Å². The maximum Gasteiger partial charge on any atom is 0.0820 e. The Morgan fingerprint density at radius 2 is 2.00 bits per heavy atom. The second-order valence-corrected chi connectivity index (χ2v) is 6.90. The summed E-state index contributed by atoms with van der Waals surface area (Å²) in [7, 11) is 0. The number of aromatic nitrogens is 2. The lowest BCUT2D eigenvalue weighted by Crippen LogP contribution is -2.39. The lowest BCUT2D eigenvalue weighted by atomic mass is 9.91. The van der Waals surface area contributed by atoms with Gasteiger partial charge in [-0.2, -0.15) is 5.10 Å². The van der Waals surface area contributed by atoms with Crippen LogP contribution in [0.5, 0.6) is 0 Å². The molecule has 0 bridgehead atoms. The van der Waals surface area contributed by atoms with Crippen LogP contribution in [0.3, 0.4) is 0 Å². The van der Waals surface area contributed by atoms with Gasteiger partial charge < -0.3 is 5.32 Å². The average molecular weight is 286 g/mol. The molecule has 1 rings (SSSR count). The Morgan fingerprint density at radius 3 is 2.53 bits per heavy atom. The first kappa shape index (κ1) is 16.5. The molecule has 2 atom stereocenters. The first-order chi connectivity index (χ1) is 8.76. The van der Waals surface area contributed by atoms with Crippen molar-refractivity contribution in [2.45, 2.75) is 66.0 Å². The van der Waals surface area contributed by atoms with E-state index in [1.54, 1.807) is 6.20 Å². The molecule has 0 aliphatic carbocycles. The van der Waals surface area contributed by atoms with E-state index in [2.05, 4.69) is 56.6 Å². The van der Waals surface area contributed by atoms with Crippen molar-refractivity contribution < 1.29 is 0 Å². The molecule has 1 heterocycles. The van der Waals surface area contributed by atoms with Crippen molar-refractivity contribution in [3.8, 4) is 0 Å². The molecule has 0 aliphatic heterocycles. The van der Waals surface area contributed by atoms with Gasteiger partial charge in [-0.25, -0.2) is 0 Å². The van der Waals surface area contributed by atoms with E-state index in [0.717, 1.165) is 24.5 Å². The third-order valence-electron chi connectivity index (χ3n) is 3.51. The Bertz CT molecular complexity index is 393. The Hall–Kier alpha value is -0.540. The third-order valence-corrected chi connectivity index (χ3v) is 3.80. The number of halogens is 1. The molecule has 1 aromatic heterocycles. The van der Waals surface area contributed by atoms with Gasteiger partial charge in [0.25, 0.3) is 0 Å². The van der Waals surface area contributed by atoms with E-state index in [1.165, 1.54) is 5.69 Å². The molecule has 0 radical (unpaired) electrons. The van der Waals surface area contributed by atoms with E-state index < -0.39 is 0 Å². The van der Waals surface area contributed by atoms with Gasteiger partial charge in [-0.1, -0.05) is 32.4 Å². The topological polar surface area (TPSA) is 29.9 Å². The molecule has 0 amide bonds. The Labute approximate surface area is 122 Å². The van der Waals surface area contributed by atoms with Gasteiger partial charge in [-0.05, 0) is 39.7 Å². The molecule has 0 aromatic carbocycles. The fraction of sp³-hybridized carbons (Fsp3) is 0.800. The summed E-state index contributed by atoms with van der Waals surface area (Å²) in [6.07, 6.45) is 2.85. The van der Waals surface area contributed by atoms with Crippen LogP contribution >= 0.6 is 11.6 Å². The number of hydrogen-bond donors (Lipinski definition) is 1. The number of nitrogens with zero attached hydrogens (tertiary/aromatic N) is 2. The van der Waals surface area contributed by atoms with Crippen LogP contribution in [0.15, 0.2) is 6.20 Å². The number of aryl methyl sites for hydroxylation is 1. The molecule has 110 valence electrons. The van der Waals surface area contributed by atoms with Crippen molar-refractivity contribution >= 4 is 11.6 Å². The minimum absolute atomic E-state index is 0.154. The molecule has 0 saturated carbocycles. The predicted octanol–water partition coefficient (Wildman–Crippen LogP) is 4.07. The average Bonchev–Trinajstić information content (AvgIpc) is 2.66. The molecule has 0 aliphatic rings. The molecule has 4 heteroatoms.